The summed E-state index contributed by atoms with van der Waals surface area (Å²) < 4.78 is 5.13. The van der Waals surface area contributed by atoms with Gasteiger partial charge in [-0.15, -0.1) is 0 Å². The van der Waals surface area contributed by atoms with Crippen molar-refractivity contribution in [1.29, 1.82) is 0 Å². The number of carboxylic acid groups (broad SMARTS) is 1. The van der Waals surface area contributed by atoms with Gasteiger partial charge in [0.15, 0.2) is 0 Å². The third-order valence-corrected chi connectivity index (χ3v) is 4.61. The van der Waals surface area contributed by atoms with E-state index >= 15 is 0 Å². The molecule has 6 nitrogen and oxygen atoms in total. The van der Waals surface area contributed by atoms with Crippen LogP contribution in [0.3, 0.4) is 0 Å². The molecule has 0 atom stereocenters. The fraction of sp³-hybridized carbons (Fsp3) is 0.300. The van der Waals surface area contributed by atoms with E-state index in [1.165, 1.54) is 0 Å². The van der Waals surface area contributed by atoms with Crippen LogP contribution in [0.25, 0.3) is 22.2 Å². The monoisotopic (exact) mass is 353 g/mol. The summed E-state index contributed by atoms with van der Waals surface area (Å²) in [4.78, 5) is 19.5. The molecule has 0 saturated carbocycles. The SMILES string of the molecule is COc1ccc(-c2[nH]c3c(C)ccc(C(=O)O)c3c2CCCCN)cn1. The third-order valence-electron chi connectivity index (χ3n) is 4.61. The summed E-state index contributed by atoms with van der Waals surface area (Å²) in [5, 5.41) is 10.4. The molecule has 2 aromatic heterocycles. The smallest absolute Gasteiger partial charge is 0.336 e. The molecule has 6 heteroatoms. The van der Waals surface area contributed by atoms with Gasteiger partial charge in [0.2, 0.25) is 5.88 Å². The van der Waals surface area contributed by atoms with Crippen LogP contribution in [0.1, 0.15) is 34.3 Å². The number of aromatic carboxylic acids is 1. The Labute approximate surface area is 152 Å². The van der Waals surface area contributed by atoms with Gasteiger partial charge in [-0.3, -0.25) is 0 Å². The van der Waals surface area contributed by atoms with Crippen LogP contribution >= 0.6 is 0 Å². The minimum Gasteiger partial charge on any atom is -0.481 e. The lowest BCUT2D eigenvalue weighted by Crippen LogP contribution is -2.01. The lowest BCUT2D eigenvalue weighted by molar-refractivity contribution is 0.0699. The van der Waals surface area contributed by atoms with Crippen molar-refractivity contribution in [2.24, 2.45) is 5.73 Å². The summed E-state index contributed by atoms with van der Waals surface area (Å²) in [6.07, 6.45) is 4.28. The summed E-state index contributed by atoms with van der Waals surface area (Å²) in [7, 11) is 1.58. The molecule has 136 valence electrons. The molecule has 0 aliphatic rings. The number of rotatable bonds is 7. The van der Waals surface area contributed by atoms with E-state index in [2.05, 4.69) is 9.97 Å². The number of unbranched alkanes of at least 4 members (excludes halogenated alkanes) is 1. The number of hydrogen-bond acceptors (Lipinski definition) is 4. The molecule has 2 heterocycles. The highest BCUT2D eigenvalue weighted by Gasteiger charge is 2.20. The van der Waals surface area contributed by atoms with Crippen LogP contribution in [-0.4, -0.2) is 34.7 Å². The Kier molecular flexibility index (Phi) is 5.23. The summed E-state index contributed by atoms with van der Waals surface area (Å²) in [5.74, 6) is -0.384. The third kappa shape index (κ3) is 3.28. The molecular weight excluding hydrogens is 330 g/mol. The molecule has 0 fully saturated rings. The van der Waals surface area contributed by atoms with Crippen LogP contribution in [0.5, 0.6) is 5.88 Å². The first kappa shape index (κ1) is 17.9. The number of benzene rings is 1. The van der Waals surface area contributed by atoms with Gasteiger partial charge in [-0.05, 0) is 56.0 Å². The Bertz CT molecular complexity index is 930. The molecule has 0 saturated heterocycles. The van der Waals surface area contributed by atoms with Crippen LogP contribution in [0.4, 0.5) is 0 Å². The second-order valence-corrected chi connectivity index (χ2v) is 6.30. The summed E-state index contributed by atoms with van der Waals surface area (Å²) in [6.45, 7) is 2.59. The zero-order valence-corrected chi connectivity index (χ0v) is 15.0. The van der Waals surface area contributed by atoms with Crippen LogP contribution in [0, 0.1) is 6.92 Å². The molecule has 0 spiro atoms. The molecule has 0 aliphatic heterocycles. The van der Waals surface area contributed by atoms with E-state index in [1.54, 1.807) is 25.4 Å². The van der Waals surface area contributed by atoms with Gasteiger partial charge in [-0.25, -0.2) is 9.78 Å². The molecule has 0 unspecified atom stereocenters. The lowest BCUT2D eigenvalue weighted by atomic mass is 9.97. The fourth-order valence-corrected chi connectivity index (χ4v) is 3.28. The maximum Gasteiger partial charge on any atom is 0.336 e. The van der Waals surface area contributed by atoms with Crippen molar-refractivity contribution < 1.29 is 14.6 Å². The van der Waals surface area contributed by atoms with Gasteiger partial charge in [0.25, 0.3) is 0 Å². The second-order valence-electron chi connectivity index (χ2n) is 6.30. The van der Waals surface area contributed by atoms with E-state index < -0.39 is 5.97 Å². The van der Waals surface area contributed by atoms with Crippen LogP contribution < -0.4 is 10.5 Å². The maximum atomic E-state index is 11.8. The fourth-order valence-electron chi connectivity index (χ4n) is 3.28. The first-order valence-electron chi connectivity index (χ1n) is 8.64. The summed E-state index contributed by atoms with van der Waals surface area (Å²) in [6, 6.07) is 7.24. The molecule has 3 aromatic rings. The minimum atomic E-state index is -0.923. The number of pyridine rings is 1. The number of nitrogens with zero attached hydrogens (tertiary/aromatic N) is 1. The standard InChI is InChI=1S/C20H23N3O3/c1-12-6-8-15(20(24)25)17-14(5-3-4-10-21)19(23-18(12)17)13-7-9-16(26-2)22-11-13/h6-9,11,23H,3-5,10,21H2,1-2H3,(H,24,25). The number of nitrogens with two attached hydrogens (primary N) is 1. The Morgan fingerprint density at radius 3 is 2.69 bits per heavy atom. The van der Waals surface area contributed by atoms with E-state index in [9.17, 15) is 9.90 Å². The average molecular weight is 353 g/mol. The highest BCUT2D eigenvalue weighted by Crippen LogP contribution is 2.35. The Balaban J connectivity index is 2.23. The quantitative estimate of drug-likeness (QED) is 0.564. The number of ether oxygens (including phenoxy) is 1. The van der Waals surface area contributed by atoms with Crippen molar-refractivity contribution in [3.63, 3.8) is 0 Å². The van der Waals surface area contributed by atoms with E-state index in [0.29, 0.717) is 18.0 Å². The Morgan fingerprint density at radius 1 is 1.27 bits per heavy atom. The van der Waals surface area contributed by atoms with Crippen molar-refractivity contribution in [3.05, 3.63) is 47.2 Å². The number of aromatic amines is 1. The average Bonchev–Trinajstić information content (AvgIpc) is 3.02. The minimum absolute atomic E-state index is 0.317. The van der Waals surface area contributed by atoms with E-state index in [1.807, 2.05) is 19.1 Å². The van der Waals surface area contributed by atoms with Crippen molar-refractivity contribution in [2.45, 2.75) is 26.2 Å². The van der Waals surface area contributed by atoms with Gasteiger partial charge in [0, 0.05) is 28.7 Å². The second kappa shape index (κ2) is 7.58. The predicted octanol–water partition coefficient (Wildman–Crippen LogP) is 3.53. The molecule has 26 heavy (non-hydrogen) atoms. The van der Waals surface area contributed by atoms with Crippen molar-refractivity contribution in [3.8, 4) is 17.1 Å². The Morgan fingerprint density at radius 2 is 2.08 bits per heavy atom. The molecule has 4 N–H and O–H groups in total. The van der Waals surface area contributed by atoms with Crippen LogP contribution in [-0.2, 0) is 6.42 Å². The van der Waals surface area contributed by atoms with Gasteiger partial charge in [0.05, 0.1) is 18.4 Å². The predicted molar refractivity (Wildman–Crippen MR) is 102 cm³/mol. The van der Waals surface area contributed by atoms with Gasteiger partial charge in [-0.1, -0.05) is 6.07 Å². The van der Waals surface area contributed by atoms with Crippen LogP contribution in [0.2, 0.25) is 0 Å². The van der Waals surface area contributed by atoms with Crippen molar-refractivity contribution >= 4 is 16.9 Å². The number of aromatic nitrogens is 2. The number of methoxy groups -OCH3 is 1. The maximum absolute atomic E-state index is 11.8. The summed E-state index contributed by atoms with van der Waals surface area (Å²) >= 11 is 0. The molecule has 1 aromatic carbocycles. The van der Waals surface area contributed by atoms with Gasteiger partial charge < -0.3 is 20.6 Å². The van der Waals surface area contributed by atoms with Gasteiger partial charge in [-0.2, -0.15) is 0 Å². The van der Waals surface area contributed by atoms with E-state index in [0.717, 1.165) is 52.5 Å². The zero-order chi connectivity index (χ0) is 18.7. The van der Waals surface area contributed by atoms with Crippen molar-refractivity contribution in [2.75, 3.05) is 13.7 Å². The zero-order valence-electron chi connectivity index (χ0n) is 15.0. The number of hydrogen-bond donors (Lipinski definition) is 3. The number of fused-ring (bicyclic) bond motifs is 1. The first-order valence-corrected chi connectivity index (χ1v) is 8.64. The topological polar surface area (TPSA) is 101 Å². The number of carboxylic acids is 1. The molecular formula is C20H23N3O3. The first-order chi connectivity index (χ1) is 12.6. The summed E-state index contributed by atoms with van der Waals surface area (Å²) in [5.41, 5.74) is 10.6. The van der Waals surface area contributed by atoms with Gasteiger partial charge >= 0.3 is 5.97 Å². The number of H-pyrrole nitrogens is 1. The largest absolute Gasteiger partial charge is 0.481 e. The lowest BCUT2D eigenvalue weighted by Gasteiger charge is -2.07. The number of nitrogens with one attached hydrogen (secondary N) is 1. The molecule has 0 bridgehead atoms. The number of aryl methyl sites for hydroxylation is 2. The highest BCUT2D eigenvalue weighted by atomic mass is 16.5. The van der Waals surface area contributed by atoms with Crippen LogP contribution in [0.15, 0.2) is 30.5 Å². The molecule has 0 aliphatic carbocycles. The molecule has 0 radical (unpaired) electrons. The van der Waals surface area contributed by atoms with Crippen molar-refractivity contribution in [1.82, 2.24) is 9.97 Å². The van der Waals surface area contributed by atoms with E-state index in [-0.39, 0.29) is 0 Å². The van der Waals surface area contributed by atoms with E-state index in [4.69, 9.17) is 10.5 Å². The molecule has 3 rings (SSSR count). The number of carbonyl (C=O) groups is 1. The normalized spacial score (nSPS) is 11.0. The van der Waals surface area contributed by atoms with Gasteiger partial charge in [0.1, 0.15) is 0 Å². The highest BCUT2D eigenvalue weighted by molar-refractivity contribution is 6.07. The molecule has 0 amide bonds. The Hall–Kier alpha value is -2.86.